The van der Waals surface area contributed by atoms with Crippen LogP contribution in [0.5, 0.6) is 0 Å². The summed E-state index contributed by atoms with van der Waals surface area (Å²) < 4.78 is 2.08. The first-order chi connectivity index (χ1) is 6.68. The highest BCUT2D eigenvalue weighted by molar-refractivity contribution is 9.09. The van der Waals surface area contributed by atoms with Crippen LogP contribution in [0.3, 0.4) is 0 Å². The Hall–Kier alpha value is -0.510. The predicted molar refractivity (Wildman–Crippen MR) is 62.0 cm³/mol. The molecule has 2 rings (SSSR count). The molecular weight excluding hydrogens is 242 g/mol. The van der Waals surface area contributed by atoms with Crippen LogP contribution in [-0.2, 0) is 7.05 Å². The lowest BCUT2D eigenvalue weighted by Gasteiger charge is -2.36. The van der Waals surface area contributed by atoms with Crippen molar-refractivity contribution in [3.8, 4) is 0 Å². The van der Waals surface area contributed by atoms with Crippen molar-refractivity contribution in [3.63, 3.8) is 0 Å². The van der Waals surface area contributed by atoms with Crippen LogP contribution in [0.1, 0.15) is 19.8 Å². The Morgan fingerprint density at radius 1 is 1.50 bits per heavy atom. The molecule has 1 saturated heterocycles. The highest BCUT2D eigenvalue weighted by Crippen LogP contribution is 2.25. The van der Waals surface area contributed by atoms with Crippen molar-refractivity contribution in [3.05, 3.63) is 12.4 Å². The Balaban J connectivity index is 2.20. The average molecular weight is 258 g/mol. The SMILES string of the molecule is CC1CCC(Br)CN1c1nccn1C. The fraction of sp³-hybridized carbons (Fsp3) is 0.700. The number of alkyl halides is 1. The van der Waals surface area contributed by atoms with E-state index in [2.05, 4.69) is 37.3 Å². The van der Waals surface area contributed by atoms with Crippen molar-refractivity contribution in [2.75, 3.05) is 11.4 Å². The van der Waals surface area contributed by atoms with Gasteiger partial charge in [0, 0.05) is 36.9 Å². The molecule has 1 aliphatic rings. The zero-order valence-corrected chi connectivity index (χ0v) is 10.2. The standard InChI is InChI=1S/C10H16BrN3/c1-8-3-4-9(11)7-14(8)10-12-5-6-13(10)2/h5-6,8-9H,3-4,7H2,1-2H3. The smallest absolute Gasteiger partial charge is 0.205 e. The Morgan fingerprint density at radius 2 is 2.29 bits per heavy atom. The maximum absolute atomic E-state index is 4.39. The van der Waals surface area contributed by atoms with Crippen LogP contribution in [0.4, 0.5) is 5.95 Å². The van der Waals surface area contributed by atoms with Crippen LogP contribution in [0.15, 0.2) is 12.4 Å². The summed E-state index contributed by atoms with van der Waals surface area (Å²) in [5.41, 5.74) is 0. The molecule has 2 heterocycles. The molecule has 2 atom stereocenters. The van der Waals surface area contributed by atoms with Crippen molar-refractivity contribution in [2.24, 2.45) is 7.05 Å². The molecule has 0 amide bonds. The average Bonchev–Trinajstić information content (AvgIpc) is 2.56. The fourth-order valence-corrected chi connectivity index (χ4v) is 2.55. The van der Waals surface area contributed by atoms with Gasteiger partial charge in [-0.1, -0.05) is 15.9 Å². The van der Waals surface area contributed by atoms with E-state index in [1.54, 1.807) is 0 Å². The molecule has 78 valence electrons. The Bertz CT molecular complexity index is 310. The molecule has 2 unspecified atom stereocenters. The lowest BCUT2D eigenvalue weighted by atomic mass is 10.0. The second-order valence-corrected chi connectivity index (χ2v) is 5.31. The molecular formula is C10H16BrN3. The minimum absolute atomic E-state index is 0.602. The number of rotatable bonds is 1. The molecule has 0 aromatic carbocycles. The molecule has 1 aliphatic heterocycles. The third kappa shape index (κ3) is 1.80. The first-order valence-corrected chi connectivity index (χ1v) is 5.98. The van der Waals surface area contributed by atoms with E-state index in [4.69, 9.17) is 0 Å². The zero-order valence-electron chi connectivity index (χ0n) is 8.65. The molecule has 0 bridgehead atoms. The number of hydrogen-bond acceptors (Lipinski definition) is 2. The summed E-state index contributed by atoms with van der Waals surface area (Å²) in [4.78, 5) is 7.38. The molecule has 1 aromatic rings. The number of hydrogen-bond donors (Lipinski definition) is 0. The number of aromatic nitrogens is 2. The summed E-state index contributed by atoms with van der Waals surface area (Å²) in [5, 5.41) is 0. The maximum Gasteiger partial charge on any atom is 0.205 e. The first kappa shape index (κ1) is 10.0. The molecule has 4 heteroatoms. The van der Waals surface area contributed by atoms with Crippen molar-refractivity contribution < 1.29 is 0 Å². The van der Waals surface area contributed by atoms with E-state index in [1.807, 2.05) is 19.4 Å². The number of aryl methyl sites for hydroxylation is 1. The molecule has 1 aromatic heterocycles. The van der Waals surface area contributed by atoms with Crippen LogP contribution in [0.2, 0.25) is 0 Å². The van der Waals surface area contributed by atoms with Crippen molar-refractivity contribution in [1.29, 1.82) is 0 Å². The molecule has 0 N–H and O–H groups in total. The summed E-state index contributed by atoms with van der Waals surface area (Å²) in [6.45, 7) is 3.33. The van der Waals surface area contributed by atoms with Gasteiger partial charge in [-0.15, -0.1) is 0 Å². The van der Waals surface area contributed by atoms with E-state index in [0.29, 0.717) is 10.9 Å². The van der Waals surface area contributed by atoms with Crippen molar-refractivity contribution in [2.45, 2.75) is 30.6 Å². The highest BCUT2D eigenvalue weighted by atomic mass is 79.9. The van der Waals surface area contributed by atoms with Gasteiger partial charge < -0.3 is 9.47 Å². The summed E-state index contributed by atoms with van der Waals surface area (Å²) in [7, 11) is 2.05. The number of halogens is 1. The Labute approximate surface area is 93.2 Å². The van der Waals surface area contributed by atoms with Crippen LogP contribution in [-0.4, -0.2) is 27.0 Å². The normalized spacial score (nSPS) is 28.1. The summed E-state index contributed by atoms with van der Waals surface area (Å²) in [6.07, 6.45) is 6.37. The topological polar surface area (TPSA) is 21.1 Å². The number of nitrogens with zero attached hydrogens (tertiary/aromatic N) is 3. The second-order valence-electron chi connectivity index (χ2n) is 4.01. The lowest BCUT2D eigenvalue weighted by Crippen LogP contribution is -2.43. The number of anilines is 1. The van der Waals surface area contributed by atoms with Crippen LogP contribution < -0.4 is 4.90 Å². The van der Waals surface area contributed by atoms with Gasteiger partial charge in [0.1, 0.15) is 0 Å². The van der Waals surface area contributed by atoms with Gasteiger partial charge >= 0.3 is 0 Å². The minimum Gasteiger partial charge on any atom is -0.338 e. The molecule has 0 radical (unpaired) electrons. The van der Waals surface area contributed by atoms with E-state index in [9.17, 15) is 0 Å². The van der Waals surface area contributed by atoms with E-state index in [0.717, 1.165) is 12.5 Å². The van der Waals surface area contributed by atoms with Gasteiger partial charge in [0.2, 0.25) is 5.95 Å². The van der Waals surface area contributed by atoms with Crippen LogP contribution in [0, 0.1) is 0 Å². The summed E-state index contributed by atoms with van der Waals surface area (Å²) in [5.74, 6) is 1.08. The van der Waals surface area contributed by atoms with Gasteiger partial charge in [0.05, 0.1) is 0 Å². The monoisotopic (exact) mass is 257 g/mol. The molecule has 14 heavy (non-hydrogen) atoms. The van der Waals surface area contributed by atoms with E-state index < -0.39 is 0 Å². The van der Waals surface area contributed by atoms with Gasteiger partial charge in [0.15, 0.2) is 0 Å². The Kier molecular flexibility index (Phi) is 2.81. The van der Waals surface area contributed by atoms with Crippen molar-refractivity contribution in [1.82, 2.24) is 9.55 Å². The summed E-state index contributed by atoms with van der Waals surface area (Å²) >= 11 is 3.69. The van der Waals surface area contributed by atoms with Crippen molar-refractivity contribution >= 4 is 21.9 Å². The van der Waals surface area contributed by atoms with Gasteiger partial charge in [-0.05, 0) is 19.8 Å². The van der Waals surface area contributed by atoms with E-state index in [-0.39, 0.29) is 0 Å². The first-order valence-electron chi connectivity index (χ1n) is 5.06. The van der Waals surface area contributed by atoms with Gasteiger partial charge in [-0.3, -0.25) is 0 Å². The van der Waals surface area contributed by atoms with Crippen LogP contribution >= 0.6 is 15.9 Å². The Morgan fingerprint density at radius 3 is 2.93 bits per heavy atom. The fourth-order valence-electron chi connectivity index (χ4n) is 1.98. The third-order valence-corrected chi connectivity index (χ3v) is 3.62. The van der Waals surface area contributed by atoms with Gasteiger partial charge in [-0.25, -0.2) is 4.98 Å². The molecule has 0 spiro atoms. The third-order valence-electron chi connectivity index (χ3n) is 2.88. The quantitative estimate of drug-likeness (QED) is 0.720. The highest BCUT2D eigenvalue weighted by Gasteiger charge is 2.25. The lowest BCUT2D eigenvalue weighted by molar-refractivity contribution is 0.485. The van der Waals surface area contributed by atoms with E-state index in [1.165, 1.54) is 12.8 Å². The predicted octanol–water partition coefficient (Wildman–Crippen LogP) is 2.17. The number of imidazole rings is 1. The van der Waals surface area contributed by atoms with Gasteiger partial charge in [0.25, 0.3) is 0 Å². The molecule has 0 saturated carbocycles. The van der Waals surface area contributed by atoms with Crippen LogP contribution in [0.25, 0.3) is 0 Å². The number of piperidine rings is 1. The molecule has 3 nitrogen and oxygen atoms in total. The molecule has 1 fully saturated rings. The largest absolute Gasteiger partial charge is 0.338 e. The summed E-state index contributed by atoms with van der Waals surface area (Å²) in [6, 6.07) is 0.602. The molecule has 0 aliphatic carbocycles. The second kappa shape index (κ2) is 3.93. The zero-order chi connectivity index (χ0) is 10.1. The minimum atomic E-state index is 0.602. The van der Waals surface area contributed by atoms with Gasteiger partial charge in [-0.2, -0.15) is 0 Å². The maximum atomic E-state index is 4.39. The van der Waals surface area contributed by atoms with E-state index >= 15 is 0 Å².